The van der Waals surface area contributed by atoms with Crippen LogP contribution in [0.5, 0.6) is 0 Å². The summed E-state index contributed by atoms with van der Waals surface area (Å²) < 4.78 is 5.27. The van der Waals surface area contributed by atoms with Gasteiger partial charge >= 0.3 is 0 Å². The first kappa shape index (κ1) is 15.9. The molecule has 3 nitrogen and oxygen atoms in total. The van der Waals surface area contributed by atoms with Crippen LogP contribution in [0.25, 0.3) is 0 Å². The maximum atomic E-state index is 5.27. The van der Waals surface area contributed by atoms with Crippen molar-refractivity contribution in [2.45, 2.75) is 52.0 Å². The molecule has 1 heterocycles. The SMILES string of the molecule is CCCNCC(CCC)N1CCC(COC)CC1. The lowest BCUT2D eigenvalue weighted by Crippen LogP contribution is -2.46. The summed E-state index contributed by atoms with van der Waals surface area (Å²) in [6.45, 7) is 10.3. The van der Waals surface area contributed by atoms with Crippen molar-refractivity contribution in [2.24, 2.45) is 5.92 Å². The number of hydrogen-bond acceptors (Lipinski definition) is 3. The Labute approximate surface area is 113 Å². The molecule has 1 atom stereocenters. The van der Waals surface area contributed by atoms with E-state index in [9.17, 15) is 0 Å². The monoisotopic (exact) mass is 256 g/mol. The molecule has 1 aliphatic rings. The van der Waals surface area contributed by atoms with Gasteiger partial charge in [0.05, 0.1) is 0 Å². The predicted molar refractivity (Wildman–Crippen MR) is 78.0 cm³/mol. The minimum absolute atomic E-state index is 0.741. The van der Waals surface area contributed by atoms with Crippen LogP contribution in [-0.4, -0.2) is 50.8 Å². The van der Waals surface area contributed by atoms with E-state index in [0.717, 1.165) is 31.7 Å². The third-order valence-electron chi connectivity index (χ3n) is 4.00. The van der Waals surface area contributed by atoms with Crippen LogP contribution in [0.2, 0.25) is 0 Å². The molecule has 0 aromatic carbocycles. The van der Waals surface area contributed by atoms with Crippen LogP contribution in [-0.2, 0) is 4.74 Å². The van der Waals surface area contributed by atoms with Crippen molar-refractivity contribution in [1.82, 2.24) is 10.2 Å². The highest BCUT2D eigenvalue weighted by Gasteiger charge is 2.24. The van der Waals surface area contributed by atoms with Crippen LogP contribution in [0.4, 0.5) is 0 Å². The highest BCUT2D eigenvalue weighted by atomic mass is 16.5. The summed E-state index contributed by atoms with van der Waals surface area (Å²) in [4.78, 5) is 2.69. The number of nitrogens with zero attached hydrogens (tertiary/aromatic N) is 1. The average Bonchev–Trinajstić information content (AvgIpc) is 2.39. The first-order valence-electron chi connectivity index (χ1n) is 7.75. The molecular formula is C15H32N2O. The summed E-state index contributed by atoms with van der Waals surface area (Å²) in [5.74, 6) is 0.789. The second kappa shape index (κ2) is 9.76. The third kappa shape index (κ3) is 5.68. The molecular weight excluding hydrogens is 224 g/mol. The van der Waals surface area contributed by atoms with E-state index in [1.165, 1.54) is 45.2 Å². The molecule has 1 unspecified atom stereocenters. The molecule has 1 N–H and O–H groups in total. The summed E-state index contributed by atoms with van der Waals surface area (Å²) in [6.07, 6.45) is 6.46. The molecule has 0 spiro atoms. The number of likely N-dealkylation sites (tertiary alicyclic amines) is 1. The molecule has 108 valence electrons. The quantitative estimate of drug-likeness (QED) is 0.642. The number of nitrogens with one attached hydrogen (secondary N) is 1. The van der Waals surface area contributed by atoms with Crippen LogP contribution in [0, 0.1) is 5.92 Å². The average molecular weight is 256 g/mol. The lowest BCUT2D eigenvalue weighted by molar-refractivity contribution is 0.0766. The lowest BCUT2D eigenvalue weighted by atomic mass is 9.95. The predicted octanol–water partition coefficient (Wildman–Crippen LogP) is 2.51. The number of rotatable bonds is 9. The van der Waals surface area contributed by atoms with Crippen molar-refractivity contribution in [3.8, 4) is 0 Å². The topological polar surface area (TPSA) is 24.5 Å². The minimum Gasteiger partial charge on any atom is -0.384 e. The zero-order chi connectivity index (χ0) is 13.2. The van der Waals surface area contributed by atoms with Crippen molar-refractivity contribution in [2.75, 3.05) is 39.9 Å². The smallest absolute Gasteiger partial charge is 0.0491 e. The largest absolute Gasteiger partial charge is 0.384 e. The Bertz CT molecular complexity index is 191. The summed E-state index contributed by atoms with van der Waals surface area (Å²) >= 11 is 0. The summed E-state index contributed by atoms with van der Waals surface area (Å²) in [6, 6.07) is 0.741. The first-order valence-corrected chi connectivity index (χ1v) is 7.75. The molecule has 1 aliphatic heterocycles. The van der Waals surface area contributed by atoms with Crippen molar-refractivity contribution in [1.29, 1.82) is 0 Å². The molecule has 1 fully saturated rings. The lowest BCUT2D eigenvalue weighted by Gasteiger charge is -2.37. The van der Waals surface area contributed by atoms with Crippen LogP contribution in [0.15, 0.2) is 0 Å². The van der Waals surface area contributed by atoms with Gasteiger partial charge in [0.25, 0.3) is 0 Å². The number of ether oxygens (including phenoxy) is 1. The number of methoxy groups -OCH3 is 1. The molecule has 0 amide bonds. The van der Waals surface area contributed by atoms with Crippen molar-refractivity contribution in [3.05, 3.63) is 0 Å². The van der Waals surface area contributed by atoms with Gasteiger partial charge in [0.1, 0.15) is 0 Å². The molecule has 1 saturated heterocycles. The molecule has 18 heavy (non-hydrogen) atoms. The van der Waals surface area contributed by atoms with E-state index >= 15 is 0 Å². The van der Waals surface area contributed by atoms with Crippen LogP contribution >= 0.6 is 0 Å². The Hall–Kier alpha value is -0.120. The molecule has 0 saturated carbocycles. The first-order chi connectivity index (χ1) is 8.81. The van der Waals surface area contributed by atoms with E-state index in [1.807, 2.05) is 7.11 Å². The van der Waals surface area contributed by atoms with E-state index in [0.29, 0.717) is 0 Å². The van der Waals surface area contributed by atoms with Crippen molar-refractivity contribution >= 4 is 0 Å². The molecule has 0 radical (unpaired) electrons. The van der Waals surface area contributed by atoms with Crippen LogP contribution < -0.4 is 5.32 Å². The Balaban J connectivity index is 2.30. The van der Waals surface area contributed by atoms with Gasteiger partial charge in [-0.2, -0.15) is 0 Å². The molecule has 0 aromatic heterocycles. The molecule has 3 heteroatoms. The zero-order valence-corrected chi connectivity index (χ0v) is 12.6. The van der Waals surface area contributed by atoms with Gasteiger partial charge in [-0.1, -0.05) is 20.3 Å². The van der Waals surface area contributed by atoms with E-state index in [-0.39, 0.29) is 0 Å². The van der Waals surface area contributed by atoms with Gasteiger partial charge in [-0.3, -0.25) is 4.90 Å². The molecule has 1 rings (SSSR count). The summed E-state index contributed by atoms with van der Waals surface area (Å²) in [5.41, 5.74) is 0. The van der Waals surface area contributed by atoms with Crippen LogP contribution in [0.3, 0.4) is 0 Å². The van der Waals surface area contributed by atoms with Crippen molar-refractivity contribution in [3.63, 3.8) is 0 Å². The Kier molecular flexibility index (Phi) is 8.64. The standard InChI is InChI=1S/C15H32N2O/c1-4-6-15(12-16-9-5-2)17-10-7-14(8-11-17)13-18-3/h14-16H,4-13H2,1-3H3. The fourth-order valence-corrected chi connectivity index (χ4v) is 2.91. The van der Waals surface area contributed by atoms with Gasteiger partial charge in [0.2, 0.25) is 0 Å². The number of piperidine rings is 1. The second-order valence-corrected chi connectivity index (χ2v) is 5.58. The Morgan fingerprint density at radius 1 is 1.22 bits per heavy atom. The van der Waals surface area contributed by atoms with Gasteiger partial charge in [-0.15, -0.1) is 0 Å². The maximum absolute atomic E-state index is 5.27. The minimum atomic E-state index is 0.741. The van der Waals surface area contributed by atoms with E-state index in [1.54, 1.807) is 0 Å². The highest BCUT2D eigenvalue weighted by molar-refractivity contribution is 4.79. The summed E-state index contributed by atoms with van der Waals surface area (Å²) in [7, 11) is 1.82. The summed E-state index contributed by atoms with van der Waals surface area (Å²) in [5, 5.41) is 3.59. The van der Waals surface area contributed by atoms with E-state index in [2.05, 4.69) is 24.1 Å². The van der Waals surface area contributed by atoms with E-state index in [4.69, 9.17) is 4.74 Å². The second-order valence-electron chi connectivity index (χ2n) is 5.58. The van der Waals surface area contributed by atoms with E-state index < -0.39 is 0 Å². The van der Waals surface area contributed by atoms with Crippen LogP contribution in [0.1, 0.15) is 46.0 Å². The third-order valence-corrected chi connectivity index (χ3v) is 4.00. The molecule has 0 aliphatic carbocycles. The molecule has 0 bridgehead atoms. The zero-order valence-electron chi connectivity index (χ0n) is 12.6. The fourth-order valence-electron chi connectivity index (χ4n) is 2.91. The normalized spacial score (nSPS) is 20.2. The maximum Gasteiger partial charge on any atom is 0.0491 e. The van der Waals surface area contributed by atoms with Gasteiger partial charge in [0, 0.05) is 26.3 Å². The van der Waals surface area contributed by atoms with Gasteiger partial charge in [0.15, 0.2) is 0 Å². The van der Waals surface area contributed by atoms with Gasteiger partial charge in [-0.05, 0) is 51.2 Å². The number of hydrogen-bond donors (Lipinski definition) is 1. The molecule has 0 aromatic rings. The van der Waals surface area contributed by atoms with Crippen molar-refractivity contribution < 1.29 is 4.74 Å². The van der Waals surface area contributed by atoms with Gasteiger partial charge < -0.3 is 10.1 Å². The highest BCUT2D eigenvalue weighted by Crippen LogP contribution is 2.20. The van der Waals surface area contributed by atoms with Gasteiger partial charge in [-0.25, -0.2) is 0 Å². The Morgan fingerprint density at radius 2 is 1.94 bits per heavy atom. The fraction of sp³-hybridized carbons (Fsp3) is 1.00. The Morgan fingerprint density at radius 3 is 2.50 bits per heavy atom.